The Hall–Kier alpha value is -0.500. The first-order valence-corrected chi connectivity index (χ1v) is 7.74. The van der Waals surface area contributed by atoms with Crippen molar-refractivity contribution >= 4 is 39.1 Å². The minimum Gasteiger partial charge on any atom is -0.0841 e. The molecule has 0 amide bonds. The molecule has 0 saturated heterocycles. The van der Waals surface area contributed by atoms with Gasteiger partial charge in [-0.1, -0.05) is 57.3 Å². The maximum atomic E-state index is 6.36. The Morgan fingerprint density at radius 2 is 1.47 bits per heavy atom. The summed E-state index contributed by atoms with van der Waals surface area (Å²) in [5.74, 6) is 0. The van der Waals surface area contributed by atoms with Crippen LogP contribution in [0, 0.1) is 20.8 Å². The Kier molecular flexibility index (Phi) is 4.60. The highest BCUT2D eigenvalue weighted by Crippen LogP contribution is 2.37. The van der Waals surface area contributed by atoms with Crippen molar-refractivity contribution in [2.24, 2.45) is 0 Å². The van der Waals surface area contributed by atoms with E-state index >= 15 is 0 Å². The van der Waals surface area contributed by atoms with E-state index in [9.17, 15) is 0 Å². The molecule has 0 bridgehead atoms. The molecule has 1 unspecified atom stereocenters. The summed E-state index contributed by atoms with van der Waals surface area (Å²) in [5, 5.41) is 1.58. The van der Waals surface area contributed by atoms with Crippen molar-refractivity contribution in [3.8, 4) is 0 Å². The molecule has 0 heterocycles. The zero-order chi connectivity index (χ0) is 14.2. The van der Waals surface area contributed by atoms with Crippen LogP contribution >= 0.6 is 39.1 Å². The molecule has 0 saturated carbocycles. The number of rotatable bonds is 2. The lowest BCUT2D eigenvalue weighted by Crippen LogP contribution is -1.97. The van der Waals surface area contributed by atoms with Crippen LogP contribution in [0.15, 0.2) is 30.3 Å². The highest BCUT2D eigenvalue weighted by Gasteiger charge is 2.15. The molecule has 1 atom stereocenters. The highest BCUT2D eigenvalue weighted by molar-refractivity contribution is 9.09. The third kappa shape index (κ3) is 3.16. The Morgan fingerprint density at radius 1 is 0.842 bits per heavy atom. The predicted molar refractivity (Wildman–Crippen MR) is 87.9 cm³/mol. The van der Waals surface area contributed by atoms with Gasteiger partial charge in [0.25, 0.3) is 0 Å². The van der Waals surface area contributed by atoms with Gasteiger partial charge >= 0.3 is 0 Å². The van der Waals surface area contributed by atoms with E-state index in [1.54, 1.807) is 0 Å². The van der Waals surface area contributed by atoms with E-state index in [-0.39, 0.29) is 4.83 Å². The van der Waals surface area contributed by atoms with Crippen molar-refractivity contribution in [1.29, 1.82) is 0 Å². The summed E-state index contributed by atoms with van der Waals surface area (Å²) in [6, 6.07) is 10.2. The zero-order valence-electron chi connectivity index (χ0n) is 11.1. The summed E-state index contributed by atoms with van der Waals surface area (Å²) >= 11 is 16.2. The molecule has 100 valence electrons. The number of benzene rings is 2. The van der Waals surface area contributed by atoms with Gasteiger partial charge in [0, 0.05) is 10.0 Å². The minimum atomic E-state index is 0.0790. The van der Waals surface area contributed by atoms with Gasteiger partial charge in [-0.15, -0.1) is 0 Å². The van der Waals surface area contributed by atoms with Gasteiger partial charge in [0.2, 0.25) is 0 Å². The van der Waals surface area contributed by atoms with Crippen LogP contribution in [0.4, 0.5) is 0 Å². The normalized spacial score (nSPS) is 12.5. The van der Waals surface area contributed by atoms with Gasteiger partial charge in [0.05, 0.1) is 4.83 Å². The number of aryl methyl sites for hydroxylation is 3. The lowest BCUT2D eigenvalue weighted by atomic mass is 9.99. The van der Waals surface area contributed by atoms with Crippen LogP contribution in [-0.4, -0.2) is 0 Å². The molecule has 2 aromatic rings. The molecular weight excluding hydrogens is 343 g/mol. The van der Waals surface area contributed by atoms with E-state index in [2.05, 4.69) is 41.9 Å². The first-order chi connectivity index (χ1) is 8.90. The van der Waals surface area contributed by atoms with E-state index in [1.165, 1.54) is 11.1 Å². The van der Waals surface area contributed by atoms with Crippen LogP contribution in [0.25, 0.3) is 0 Å². The molecular formula is C16H15BrCl2. The average Bonchev–Trinajstić information content (AvgIpc) is 2.36. The smallest absolute Gasteiger partial charge is 0.0659 e. The first-order valence-electron chi connectivity index (χ1n) is 6.07. The molecule has 0 N–H and O–H groups in total. The molecule has 2 rings (SSSR count). The van der Waals surface area contributed by atoms with Crippen LogP contribution in [0.3, 0.4) is 0 Å². The average molecular weight is 358 g/mol. The summed E-state index contributed by atoms with van der Waals surface area (Å²) in [6.45, 7) is 6.18. The summed E-state index contributed by atoms with van der Waals surface area (Å²) in [4.78, 5) is 0.0790. The van der Waals surface area contributed by atoms with Gasteiger partial charge in [-0.25, -0.2) is 0 Å². The Balaban J connectivity index is 2.46. The van der Waals surface area contributed by atoms with E-state index in [0.29, 0.717) is 0 Å². The van der Waals surface area contributed by atoms with Crippen LogP contribution in [0.2, 0.25) is 10.0 Å². The van der Waals surface area contributed by atoms with Crippen molar-refractivity contribution < 1.29 is 0 Å². The number of halogens is 3. The quantitative estimate of drug-likeness (QED) is 0.545. The molecule has 19 heavy (non-hydrogen) atoms. The van der Waals surface area contributed by atoms with E-state index in [0.717, 1.165) is 26.7 Å². The Bertz CT molecular complexity index is 620. The van der Waals surface area contributed by atoms with Crippen molar-refractivity contribution in [1.82, 2.24) is 0 Å². The number of hydrogen-bond acceptors (Lipinski definition) is 0. The van der Waals surface area contributed by atoms with Gasteiger partial charge in [-0.3, -0.25) is 0 Å². The summed E-state index contributed by atoms with van der Waals surface area (Å²) in [7, 11) is 0. The topological polar surface area (TPSA) is 0 Å². The monoisotopic (exact) mass is 356 g/mol. The predicted octanol–water partition coefficient (Wildman–Crippen LogP) is 6.40. The van der Waals surface area contributed by atoms with Crippen LogP contribution in [-0.2, 0) is 0 Å². The Labute approximate surface area is 132 Å². The van der Waals surface area contributed by atoms with Gasteiger partial charge in [-0.05, 0) is 60.7 Å². The molecule has 0 fully saturated rings. The van der Waals surface area contributed by atoms with E-state index in [4.69, 9.17) is 23.2 Å². The van der Waals surface area contributed by atoms with Gasteiger partial charge < -0.3 is 0 Å². The molecule has 3 heteroatoms. The SMILES string of the molecule is Cc1cc(Cl)c(C(Br)c2ccc(Cl)c(C)c2)cc1C. The zero-order valence-corrected chi connectivity index (χ0v) is 14.2. The van der Waals surface area contributed by atoms with Gasteiger partial charge in [0.1, 0.15) is 0 Å². The summed E-state index contributed by atoms with van der Waals surface area (Å²) < 4.78 is 0. The summed E-state index contributed by atoms with van der Waals surface area (Å²) in [6.07, 6.45) is 0. The first kappa shape index (κ1) is 14.9. The minimum absolute atomic E-state index is 0.0790. The maximum absolute atomic E-state index is 6.36. The molecule has 0 radical (unpaired) electrons. The molecule has 0 aliphatic heterocycles. The van der Waals surface area contributed by atoms with Crippen LogP contribution in [0.5, 0.6) is 0 Å². The Morgan fingerprint density at radius 3 is 2.11 bits per heavy atom. The van der Waals surface area contributed by atoms with Crippen molar-refractivity contribution in [3.05, 3.63) is 68.2 Å². The van der Waals surface area contributed by atoms with Crippen molar-refractivity contribution in [2.75, 3.05) is 0 Å². The third-order valence-corrected chi connectivity index (χ3v) is 5.13. The fraction of sp³-hybridized carbons (Fsp3) is 0.250. The van der Waals surface area contributed by atoms with Gasteiger partial charge in [0.15, 0.2) is 0 Å². The number of alkyl halides is 1. The molecule has 0 aliphatic rings. The molecule has 0 nitrogen and oxygen atoms in total. The highest BCUT2D eigenvalue weighted by atomic mass is 79.9. The van der Waals surface area contributed by atoms with E-state index in [1.807, 2.05) is 25.1 Å². The molecule has 0 spiro atoms. The lowest BCUT2D eigenvalue weighted by molar-refractivity contribution is 1.15. The molecule has 2 aromatic carbocycles. The second-order valence-corrected chi connectivity index (χ2v) is 6.56. The standard InChI is InChI=1S/C16H15BrCl2/c1-9-7-13(15(19)8-10(9)2)16(17)12-4-5-14(18)11(3)6-12/h4-8,16H,1-3H3. The lowest BCUT2D eigenvalue weighted by Gasteiger charge is -2.15. The largest absolute Gasteiger partial charge is 0.0841 e. The van der Waals surface area contributed by atoms with Crippen LogP contribution in [0.1, 0.15) is 32.6 Å². The van der Waals surface area contributed by atoms with Gasteiger partial charge in [-0.2, -0.15) is 0 Å². The number of hydrogen-bond donors (Lipinski definition) is 0. The fourth-order valence-electron chi connectivity index (χ4n) is 2.00. The van der Waals surface area contributed by atoms with Crippen molar-refractivity contribution in [2.45, 2.75) is 25.6 Å². The maximum Gasteiger partial charge on any atom is 0.0659 e. The second kappa shape index (κ2) is 5.87. The van der Waals surface area contributed by atoms with E-state index < -0.39 is 0 Å². The molecule has 0 aliphatic carbocycles. The third-order valence-electron chi connectivity index (χ3n) is 3.36. The summed E-state index contributed by atoms with van der Waals surface area (Å²) in [5.41, 5.74) is 5.78. The van der Waals surface area contributed by atoms with Crippen LogP contribution < -0.4 is 0 Å². The second-order valence-electron chi connectivity index (χ2n) is 4.83. The van der Waals surface area contributed by atoms with Crippen molar-refractivity contribution in [3.63, 3.8) is 0 Å². The molecule has 0 aromatic heterocycles. The fourth-order valence-corrected chi connectivity index (χ4v) is 3.24.